The highest BCUT2D eigenvalue weighted by molar-refractivity contribution is 6.30. The van der Waals surface area contributed by atoms with Crippen molar-refractivity contribution in [3.63, 3.8) is 0 Å². The zero-order valence-corrected chi connectivity index (χ0v) is 34.9. The van der Waals surface area contributed by atoms with Crippen LogP contribution in [0.25, 0.3) is 22.4 Å². The molecule has 5 aromatic rings. The van der Waals surface area contributed by atoms with Gasteiger partial charge in [-0.3, -0.25) is 14.9 Å². The Balaban J connectivity index is 0.00000271. The molecule has 0 radical (unpaired) electrons. The summed E-state index contributed by atoms with van der Waals surface area (Å²) < 4.78 is 33.4. The summed E-state index contributed by atoms with van der Waals surface area (Å²) in [5.41, 5.74) is 7.07. The van der Waals surface area contributed by atoms with E-state index >= 15 is 0 Å². The van der Waals surface area contributed by atoms with E-state index in [2.05, 4.69) is 50.1 Å². The van der Waals surface area contributed by atoms with Gasteiger partial charge in [0.25, 0.3) is 0 Å². The number of piperidine rings is 1. The number of likely N-dealkylation sites (tertiary alicyclic amines) is 1. The van der Waals surface area contributed by atoms with Gasteiger partial charge in [0.1, 0.15) is 0 Å². The van der Waals surface area contributed by atoms with Crippen molar-refractivity contribution in [2.45, 2.75) is 32.0 Å². The van der Waals surface area contributed by atoms with Crippen LogP contribution in [0.2, 0.25) is 5.02 Å². The third-order valence-corrected chi connectivity index (χ3v) is 9.74. The van der Waals surface area contributed by atoms with E-state index in [1.54, 1.807) is 42.7 Å². The topological polar surface area (TPSA) is 87.6 Å². The maximum absolute atomic E-state index is 6.33. The molecule has 3 aromatic carbocycles. The van der Waals surface area contributed by atoms with Gasteiger partial charge in [-0.1, -0.05) is 11.6 Å². The Morgan fingerprint density at radius 1 is 0.636 bits per heavy atom. The van der Waals surface area contributed by atoms with E-state index in [0.717, 1.165) is 66.1 Å². The summed E-state index contributed by atoms with van der Waals surface area (Å²) in [4.78, 5) is 14.3. The maximum atomic E-state index is 6.33. The molecule has 0 unspecified atom stereocenters. The number of halogens is 4. The fraction of sp³-hybridized carbons (Fsp3) is 0.317. The van der Waals surface area contributed by atoms with Gasteiger partial charge in [0.2, 0.25) is 11.5 Å². The van der Waals surface area contributed by atoms with Crippen molar-refractivity contribution in [3.8, 4) is 56.9 Å². The zero-order valence-electron chi connectivity index (χ0n) is 31.7. The largest absolute Gasteiger partial charge is 0.493 e. The molecule has 1 saturated heterocycles. The lowest BCUT2D eigenvalue weighted by Crippen LogP contribution is -2.44. The molecular formula is C41H48Cl4N4O6. The summed E-state index contributed by atoms with van der Waals surface area (Å²) in [6.07, 6.45) is 7.68. The van der Waals surface area contributed by atoms with Gasteiger partial charge in [-0.2, -0.15) is 0 Å². The first-order chi connectivity index (χ1) is 25.4. The zero-order chi connectivity index (χ0) is 36.6. The van der Waals surface area contributed by atoms with E-state index in [0.29, 0.717) is 52.1 Å². The summed E-state index contributed by atoms with van der Waals surface area (Å²) >= 11 is 6.33. The van der Waals surface area contributed by atoms with E-state index in [9.17, 15) is 0 Å². The van der Waals surface area contributed by atoms with Gasteiger partial charge < -0.3 is 33.3 Å². The van der Waals surface area contributed by atoms with Gasteiger partial charge in [0.15, 0.2) is 23.0 Å². The lowest BCUT2D eigenvalue weighted by atomic mass is 9.99. The molecule has 14 heteroatoms. The van der Waals surface area contributed by atoms with Crippen LogP contribution in [0, 0.1) is 0 Å². The van der Waals surface area contributed by atoms with Crippen LogP contribution in [0.3, 0.4) is 0 Å². The second kappa shape index (κ2) is 21.1. The molecule has 1 aliphatic rings. The van der Waals surface area contributed by atoms with Crippen LogP contribution >= 0.6 is 48.8 Å². The minimum atomic E-state index is 0. The van der Waals surface area contributed by atoms with Crippen molar-refractivity contribution in [3.05, 3.63) is 101 Å². The molecule has 10 nitrogen and oxygen atoms in total. The number of aromatic nitrogens is 2. The number of ether oxygens (including phenoxy) is 6. The van der Waals surface area contributed by atoms with Crippen LogP contribution in [0.1, 0.15) is 24.0 Å². The molecule has 1 aliphatic heterocycles. The monoisotopic (exact) mass is 832 g/mol. The fourth-order valence-corrected chi connectivity index (χ4v) is 6.97. The number of pyridine rings is 2. The second-order valence-electron chi connectivity index (χ2n) is 12.6. The minimum Gasteiger partial charge on any atom is -0.493 e. The Bertz CT molecular complexity index is 1930. The molecule has 55 heavy (non-hydrogen) atoms. The molecule has 0 amide bonds. The Kier molecular flexibility index (Phi) is 17.3. The molecule has 3 heterocycles. The van der Waals surface area contributed by atoms with Gasteiger partial charge in [0, 0.05) is 72.6 Å². The van der Waals surface area contributed by atoms with E-state index < -0.39 is 0 Å². The molecule has 1 fully saturated rings. The second-order valence-corrected chi connectivity index (χ2v) is 13.0. The molecule has 0 atom stereocenters. The Labute approximate surface area is 347 Å². The molecule has 6 rings (SSSR count). The lowest BCUT2D eigenvalue weighted by Gasteiger charge is -2.40. The molecule has 0 N–H and O–H groups in total. The van der Waals surface area contributed by atoms with Gasteiger partial charge in [-0.05, 0) is 96.3 Å². The van der Waals surface area contributed by atoms with E-state index in [4.69, 9.17) is 40.0 Å². The minimum absolute atomic E-state index is 0. The summed E-state index contributed by atoms with van der Waals surface area (Å²) in [6.45, 7) is 3.44. The van der Waals surface area contributed by atoms with Crippen LogP contribution in [-0.4, -0.2) is 76.7 Å². The molecule has 2 aromatic heterocycles. The van der Waals surface area contributed by atoms with Crippen molar-refractivity contribution in [2.75, 3.05) is 60.6 Å². The average molecular weight is 835 g/mol. The molecule has 296 valence electrons. The van der Waals surface area contributed by atoms with Gasteiger partial charge >= 0.3 is 0 Å². The van der Waals surface area contributed by atoms with Crippen LogP contribution in [-0.2, 0) is 13.1 Å². The van der Waals surface area contributed by atoms with E-state index in [1.807, 2.05) is 55.0 Å². The highest BCUT2D eigenvalue weighted by Crippen LogP contribution is 2.42. The first kappa shape index (κ1) is 45.1. The van der Waals surface area contributed by atoms with Crippen molar-refractivity contribution < 1.29 is 28.4 Å². The van der Waals surface area contributed by atoms with Crippen molar-refractivity contribution in [1.82, 2.24) is 14.9 Å². The maximum Gasteiger partial charge on any atom is 0.203 e. The summed E-state index contributed by atoms with van der Waals surface area (Å²) in [7, 11) is 9.69. The summed E-state index contributed by atoms with van der Waals surface area (Å²) in [6, 6.07) is 22.6. The van der Waals surface area contributed by atoms with Crippen LogP contribution in [0.4, 0.5) is 5.69 Å². The highest BCUT2D eigenvalue weighted by Gasteiger charge is 2.26. The quantitative estimate of drug-likeness (QED) is 0.108. The van der Waals surface area contributed by atoms with Crippen LogP contribution in [0.15, 0.2) is 85.3 Å². The van der Waals surface area contributed by atoms with Crippen LogP contribution < -0.4 is 33.3 Å². The molecule has 0 bridgehead atoms. The van der Waals surface area contributed by atoms with E-state index in [1.165, 1.54) is 5.56 Å². The number of benzene rings is 3. The van der Waals surface area contributed by atoms with Crippen molar-refractivity contribution >= 4 is 54.5 Å². The summed E-state index contributed by atoms with van der Waals surface area (Å²) in [5, 5.41) is 0.716. The lowest BCUT2D eigenvalue weighted by molar-refractivity contribution is 0.201. The number of methoxy groups -OCH3 is 6. The SMILES string of the molecule is COc1cc(-c2cncc(CN(c3ccc(Cl)cc3)C3CCN(Cc4ccnc(-c5cc(OC)c(OC)c(OC)c5)c4)CC3)c2)cc(OC)c1OC.Cl.Cl.Cl. The van der Waals surface area contributed by atoms with E-state index in [-0.39, 0.29) is 37.2 Å². The van der Waals surface area contributed by atoms with Gasteiger partial charge in [-0.15, -0.1) is 37.2 Å². The first-order valence-corrected chi connectivity index (χ1v) is 17.5. The number of hydrogen-bond acceptors (Lipinski definition) is 10. The molecule has 0 spiro atoms. The molecule has 0 saturated carbocycles. The van der Waals surface area contributed by atoms with Crippen molar-refractivity contribution in [2.24, 2.45) is 0 Å². The third kappa shape index (κ3) is 10.5. The Morgan fingerprint density at radius 3 is 1.71 bits per heavy atom. The molecule has 0 aliphatic carbocycles. The fourth-order valence-electron chi connectivity index (χ4n) is 6.85. The standard InChI is InChI=1S/C41H45ClN4O6.3ClH/c1-47-36-19-29(20-37(48-2)40(36)51-5)31-17-28(23-43-24-31)26-46(33-9-7-32(42)8-10-33)34-12-15-45(16-13-34)25-27-11-14-44-35(18-27)30-21-38(49-3)41(52-6)39(22-30)50-4;;;/h7-11,14,17-24,34H,12-13,15-16,25-26H2,1-6H3;3*1H. The molecular weight excluding hydrogens is 786 g/mol. The Morgan fingerprint density at radius 2 is 1.18 bits per heavy atom. The Hall–Kier alpha value is -4.32. The normalized spacial score (nSPS) is 12.6. The predicted molar refractivity (Wildman–Crippen MR) is 226 cm³/mol. The average Bonchev–Trinajstić information content (AvgIpc) is 3.19. The predicted octanol–water partition coefficient (Wildman–Crippen LogP) is 9.45. The van der Waals surface area contributed by atoms with Gasteiger partial charge in [-0.25, -0.2) is 0 Å². The first-order valence-electron chi connectivity index (χ1n) is 17.1. The smallest absolute Gasteiger partial charge is 0.203 e. The van der Waals surface area contributed by atoms with Gasteiger partial charge in [0.05, 0.1) is 48.4 Å². The summed E-state index contributed by atoms with van der Waals surface area (Å²) in [5.74, 6) is 3.51. The number of rotatable bonds is 14. The number of nitrogens with zero attached hydrogens (tertiary/aromatic N) is 4. The number of hydrogen-bond donors (Lipinski definition) is 0. The highest BCUT2D eigenvalue weighted by atomic mass is 35.5. The van der Waals surface area contributed by atoms with Crippen molar-refractivity contribution in [1.29, 1.82) is 0 Å². The van der Waals surface area contributed by atoms with Crippen LogP contribution in [0.5, 0.6) is 34.5 Å². The third-order valence-electron chi connectivity index (χ3n) is 9.49. The number of anilines is 1.